The molecule has 26 heavy (non-hydrogen) atoms. The molecule has 2 aromatic rings. The number of rotatable bonds is 7. The summed E-state index contributed by atoms with van der Waals surface area (Å²) in [4.78, 5) is 11.0. The van der Waals surface area contributed by atoms with Crippen molar-refractivity contribution in [3.8, 4) is 22.8 Å². The van der Waals surface area contributed by atoms with Crippen LogP contribution in [-0.2, 0) is 11.0 Å². The molecule has 0 saturated carbocycles. The lowest BCUT2D eigenvalue weighted by molar-refractivity contribution is 0.110. The van der Waals surface area contributed by atoms with Crippen molar-refractivity contribution < 1.29 is 23.1 Å². The van der Waals surface area contributed by atoms with Crippen LogP contribution < -0.4 is 9.47 Å². The lowest BCUT2D eigenvalue weighted by Gasteiger charge is -2.36. The summed E-state index contributed by atoms with van der Waals surface area (Å²) in [5, 5.41) is 0.103. The third-order valence-corrected chi connectivity index (χ3v) is 9.48. The van der Waals surface area contributed by atoms with Gasteiger partial charge in [-0.25, -0.2) is 0 Å². The topological polar surface area (TPSA) is 57.9 Å². The van der Waals surface area contributed by atoms with Gasteiger partial charge >= 0.3 is 0 Å². The van der Waals surface area contributed by atoms with Gasteiger partial charge in [-0.3, -0.25) is 4.79 Å². The van der Waals surface area contributed by atoms with E-state index in [1.807, 2.05) is 6.07 Å². The lowest BCUT2D eigenvalue weighted by Crippen LogP contribution is -2.40. The van der Waals surface area contributed by atoms with Gasteiger partial charge in [0.15, 0.2) is 20.4 Å². The number of aldehydes is 1. The minimum atomic E-state index is -1.94. The van der Waals surface area contributed by atoms with Gasteiger partial charge in [-0.2, -0.15) is 0 Å². The van der Waals surface area contributed by atoms with E-state index in [-0.39, 0.29) is 10.8 Å². The third-order valence-electron chi connectivity index (χ3n) is 5.00. The number of methoxy groups -OCH3 is 2. The van der Waals surface area contributed by atoms with Crippen LogP contribution in [-0.4, -0.2) is 28.8 Å². The summed E-state index contributed by atoms with van der Waals surface area (Å²) in [5.41, 5.74) is 1.68. The quantitative estimate of drug-likeness (QED) is 0.485. The Balaban J connectivity index is 2.50. The Hall–Kier alpha value is -2.05. The summed E-state index contributed by atoms with van der Waals surface area (Å²) in [6.45, 7) is 11.4. The fraction of sp³-hybridized carbons (Fsp3) is 0.450. The van der Waals surface area contributed by atoms with Gasteiger partial charge in [-0.05, 0) is 41.9 Å². The summed E-state index contributed by atoms with van der Waals surface area (Å²) < 4.78 is 23.0. The molecule has 0 N–H and O–H groups in total. The summed E-state index contributed by atoms with van der Waals surface area (Å²) in [6, 6.07) is 7.14. The van der Waals surface area contributed by atoms with Crippen molar-refractivity contribution in [3.05, 3.63) is 35.6 Å². The Kier molecular flexibility index (Phi) is 5.98. The standard InChI is InChI=1S/C20H28O5Si/c1-20(2,3)26(6,7)24-13-14-10-16(22-4)11-18(23-5)19(14)17-9-8-15(12-21)25-17/h8-12H,13H2,1-7H3. The minimum Gasteiger partial charge on any atom is -0.497 e. The van der Waals surface area contributed by atoms with Crippen molar-refractivity contribution in [1.29, 1.82) is 0 Å². The molecule has 0 unspecified atom stereocenters. The first-order valence-corrected chi connectivity index (χ1v) is 11.5. The number of carbonyl (C=O) groups is 1. The van der Waals surface area contributed by atoms with Gasteiger partial charge in [-0.15, -0.1) is 0 Å². The molecule has 5 nitrogen and oxygen atoms in total. The number of hydrogen-bond donors (Lipinski definition) is 0. The van der Waals surface area contributed by atoms with Crippen LogP contribution in [0.4, 0.5) is 0 Å². The maximum absolute atomic E-state index is 11.0. The molecule has 0 fully saturated rings. The van der Waals surface area contributed by atoms with E-state index in [0.717, 1.165) is 11.1 Å². The van der Waals surface area contributed by atoms with Crippen LogP contribution in [0.25, 0.3) is 11.3 Å². The molecule has 0 radical (unpaired) electrons. The van der Waals surface area contributed by atoms with Gasteiger partial charge in [0.1, 0.15) is 17.3 Å². The molecule has 0 bridgehead atoms. The second-order valence-electron chi connectivity index (χ2n) is 7.73. The highest BCUT2D eigenvalue weighted by Gasteiger charge is 2.37. The van der Waals surface area contributed by atoms with Crippen molar-refractivity contribution in [2.75, 3.05) is 14.2 Å². The molecule has 0 aliphatic rings. The van der Waals surface area contributed by atoms with Gasteiger partial charge in [0, 0.05) is 6.07 Å². The van der Waals surface area contributed by atoms with Crippen LogP contribution >= 0.6 is 0 Å². The van der Waals surface area contributed by atoms with E-state index in [0.29, 0.717) is 30.2 Å². The second-order valence-corrected chi connectivity index (χ2v) is 12.5. The Morgan fingerprint density at radius 2 is 1.81 bits per heavy atom. The van der Waals surface area contributed by atoms with Crippen molar-refractivity contribution in [2.24, 2.45) is 0 Å². The summed E-state index contributed by atoms with van der Waals surface area (Å²) in [7, 11) is 1.28. The smallest absolute Gasteiger partial charge is 0.192 e. The maximum atomic E-state index is 11.0. The average molecular weight is 377 g/mol. The zero-order valence-corrected chi connectivity index (χ0v) is 17.6. The number of benzene rings is 1. The molecular formula is C20H28O5Si. The van der Waals surface area contributed by atoms with E-state index in [1.165, 1.54) is 0 Å². The highest BCUT2D eigenvalue weighted by atomic mass is 28.4. The second kappa shape index (κ2) is 7.68. The first kappa shape index (κ1) is 20.3. The summed E-state index contributed by atoms with van der Waals surface area (Å²) >= 11 is 0. The molecule has 2 rings (SSSR count). The molecule has 0 amide bonds. The van der Waals surface area contributed by atoms with Gasteiger partial charge in [0.05, 0.1) is 26.4 Å². The van der Waals surface area contributed by atoms with Crippen molar-refractivity contribution in [2.45, 2.75) is 45.5 Å². The van der Waals surface area contributed by atoms with Crippen LogP contribution in [0.5, 0.6) is 11.5 Å². The Morgan fingerprint density at radius 1 is 1.12 bits per heavy atom. The van der Waals surface area contributed by atoms with Crippen LogP contribution in [0.15, 0.2) is 28.7 Å². The molecule has 0 atom stereocenters. The zero-order chi connectivity index (χ0) is 19.5. The molecule has 0 spiro atoms. The van der Waals surface area contributed by atoms with Crippen LogP contribution in [0.2, 0.25) is 18.1 Å². The van der Waals surface area contributed by atoms with E-state index in [1.54, 1.807) is 32.4 Å². The summed E-state index contributed by atoms with van der Waals surface area (Å²) in [5.74, 6) is 2.14. The van der Waals surface area contributed by atoms with E-state index in [4.69, 9.17) is 18.3 Å². The van der Waals surface area contributed by atoms with Crippen LogP contribution in [0.3, 0.4) is 0 Å². The molecular weight excluding hydrogens is 348 g/mol. The molecule has 1 aromatic carbocycles. The minimum absolute atomic E-state index is 0.103. The fourth-order valence-corrected chi connectivity index (χ4v) is 3.29. The molecule has 6 heteroatoms. The highest BCUT2D eigenvalue weighted by Crippen LogP contribution is 2.41. The summed E-state index contributed by atoms with van der Waals surface area (Å²) in [6.07, 6.45) is 0.686. The monoisotopic (exact) mass is 376 g/mol. The van der Waals surface area contributed by atoms with Crippen molar-refractivity contribution in [3.63, 3.8) is 0 Å². The normalized spacial score (nSPS) is 12.1. The SMILES string of the molecule is COc1cc(CO[Si](C)(C)C(C)(C)C)c(-c2ccc(C=O)o2)c(OC)c1. The number of carbonyl (C=O) groups excluding carboxylic acids is 1. The average Bonchev–Trinajstić information content (AvgIpc) is 3.06. The van der Waals surface area contributed by atoms with E-state index in [9.17, 15) is 4.79 Å². The van der Waals surface area contributed by atoms with E-state index < -0.39 is 8.32 Å². The largest absolute Gasteiger partial charge is 0.497 e. The first-order valence-electron chi connectivity index (χ1n) is 8.57. The fourth-order valence-electron chi connectivity index (χ4n) is 2.34. The van der Waals surface area contributed by atoms with Gasteiger partial charge in [-0.1, -0.05) is 20.8 Å². The van der Waals surface area contributed by atoms with Crippen molar-refractivity contribution >= 4 is 14.6 Å². The van der Waals surface area contributed by atoms with Gasteiger partial charge in [0.2, 0.25) is 0 Å². The number of ether oxygens (including phenoxy) is 2. The molecule has 0 aliphatic heterocycles. The number of hydrogen-bond acceptors (Lipinski definition) is 5. The number of furan rings is 1. The molecule has 1 aromatic heterocycles. The Bertz CT molecular complexity index is 771. The Labute approximate surface area is 156 Å². The predicted octanol–water partition coefficient (Wildman–Crippen LogP) is 5.30. The van der Waals surface area contributed by atoms with E-state index in [2.05, 4.69) is 33.9 Å². The van der Waals surface area contributed by atoms with E-state index >= 15 is 0 Å². The molecule has 0 saturated heterocycles. The van der Waals surface area contributed by atoms with Crippen LogP contribution in [0, 0.1) is 0 Å². The van der Waals surface area contributed by atoms with Crippen molar-refractivity contribution in [1.82, 2.24) is 0 Å². The van der Waals surface area contributed by atoms with Crippen LogP contribution in [0.1, 0.15) is 36.9 Å². The third kappa shape index (κ3) is 4.19. The predicted molar refractivity (Wildman–Crippen MR) is 105 cm³/mol. The molecule has 1 heterocycles. The first-order chi connectivity index (χ1) is 12.1. The highest BCUT2D eigenvalue weighted by molar-refractivity contribution is 6.74. The van der Waals surface area contributed by atoms with Gasteiger partial charge in [0.25, 0.3) is 0 Å². The maximum Gasteiger partial charge on any atom is 0.192 e. The molecule has 0 aliphatic carbocycles. The zero-order valence-electron chi connectivity index (χ0n) is 16.6. The van der Waals surface area contributed by atoms with Gasteiger partial charge < -0.3 is 18.3 Å². The molecule has 142 valence electrons. The lowest BCUT2D eigenvalue weighted by atomic mass is 10.0. The Morgan fingerprint density at radius 3 is 2.31 bits per heavy atom.